The Morgan fingerprint density at radius 2 is 1.67 bits per heavy atom. The Morgan fingerprint density at radius 1 is 1.00 bits per heavy atom. The molecule has 0 N–H and O–H groups in total. The lowest BCUT2D eigenvalue weighted by atomic mass is 10.1. The smallest absolute Gasteiger partial charge is 0.180 e. The third kappa shape index (κ3) is 2.64. The van der Waals surface area contributed by atoms with Crippen molar-refractivity contribution in [2.45, 2.75) is 13.5 Å². The van der Waals surface area contributed by atoms with Gasteiger partial charge in [0.15, 0.2) is 5.82 Å². The number of rotatable bonds is 3. The maximum Gasteiger partial charge on any atom is 0.180 e. The zero-order valence-electron chi connectivity index (χ0n) is 11.3. The molecular formula is C15H12Cl2N4. The second-order valence-corrected chi connectivity index (χ2v) is 5.12. The van der Waals surface area contributed by atoms with E-state index in [0.29, 0.717) is 21.7 Å². The zero-order chi connectivity index (χ0) is 14.8. The normalized spacial score (nSPS) is 10.8. The van der Waals surface area contributed by atoms with E-state index in [-0.39, 0.29) is 0 Å². The van der Waals surface area contributed by atoms with Crippen molar-refractivity contribution in [3.05, 3.63) is 52.9 Å². The van der Waals surface area contributed by atoms with Crippen LogP contribution in [0.25, 0.3) is 22.6 Å². The van der Waals surface area contributed by atoms with Crippen molar-refractivity contribution in [1.29, 1.82) is 0 Å². The highest BCUT2D eigenvalue weighted by molar-refractivity contribution is 6.37. The fourth-order valence-corrected chi connectivity index (χ4v) is 2.75. The van der Waals surface area contributed by atoms with E-state index in [4.69, 9.17) is 23.2 Å². The highest BCUT2D eigenvalue weighted by Crippen LogP contribution is 2.33. The summed E-state index contributed by atoms with van der Waals surface area (Å²) in [5.74, 6) is 0.476. The molecule has 4 nitrogen and oxygen atoms in total. The van der Waals surface area contributed by atoms with Crippen molar-refractivity contribution in [2.75, 3.05) is 0 Å². The minimum Gasteiger partial charge on any atom is -0.262 e. The first-order valence-corrected chi connectivity index (χ1v) is 7.27. The van der Waals surface area contributed by atoms with Crippen LogP contribution in [0.1, 0.15) is 6.92 Å². The molecule has 0 unspecified atom stereocenters. The van der Waals surface area contributed by atoms with E-state index in [9.17, 15) is 0 Å². The van der Waals surface area contributed by atoms with Gasteiger partial charge >= 0.3 is 0 Å². The van der Waals surface area contributed by atoms with Crippen LogP contribution < -0.4 is 0 Å². The largest absolute Gasteiger partial charge is 0.262 e. The first-order chi connectivity index (χ1) is 10.2. The zero-order valence-corrected chi connectivity index (χ0v) is 12.8. The van der Waals surface area contributed by atoms with Crippen LogP contribution in [0.2, 0.25) is 10.3 Å². The summed E-state index contributed by atoms with van der Waals surface area (Å²) in [6.45, 7) is 2.72. The van der Waals surface area contributed by atoms with E-state index in [2.05, 4.69) is 15.1 Å². The van der Waals surface area contributed by atoms with Crippen molar-refractivity contribution >= 4 is 23.2 Å². The van der Waals surface area contributed by atoms with Gasteiger partial charge in [-0.05, 0) is 18.6 Å². The van der Waals surface area contributed by atoms with Crippen molar-refractivity contribution in [1.82, 2.24) is 19.7 Å². The van der Waals surface area contributed by atoms with Crippen molar-refractivity contribution < 1.29 is 0 Å². The van der Waals surface area contributed by atoms with Gasteiger partial charge in [0, 0.05) is 12.7 Å². The third-order valence-electron chi connectivity index (χ3n) is 3.13. The summed E-state index contributed by atoms with van der Waals surface area (Å²) in [4.78, 5) is 8.74. The molecule has 1 aromatic carbocycles. The van der Waals surface area contributed by atoms with Gasteiger partial charge in [0.2, 0.25) is 0 Å². The number of benzene rings is 1. The Bertz CT molecular complexity index is 745. The van der Waals surface area contributed by atoms with E-state index in [0.717, 1.165) is 17.8 Å². The molecule has 2 heterocycles. The molecule has 0 atom stereocenters. The Balaban J connectivity index is 2.13. The molecule has 0 saturated carbocycles. The fraction of sp³-hybridized carbons (Fsp3) is 0.133. The molecule has 3 rings (SSSR count). The second kappa shape index (κ2) is 5.84. The van der Waals surface area contributed by atoms with Gasteiger partial charge in [-0.15, -0.1) is 0 Å². The molecule has 0 fully saturated rings. The molecule has 6 heteroatoms. The monoisotopic (exact) mass is 318 g/mol. The number of aryl methyl sites for hydroxylation is 1. The highest BCUT2D eigenvalue weighted by Gasteiger charge is 2.16. The van der Waals surface area contributed by atoms with Crippen LogP contribution in [-0.4, -0.2) is 19.7 Å². The molecule has 21 heavy (non-hydrogen) atoms. The summed E-state index contributed by atoms with van der Waals surface area (Å²) < 4.78 is 1.80. The number of hydrogen-bond donors (Lipinski definition) is 0. The van der Waals surface area contributed by atoms with Gasteiger partial charge in [-0.3, -0.25) is 4.68 Å². The SMILES string of the molecule is CCn1nccc1-c1nc(Cl)c(-c2ccccc2)c(Cl)n1. The molecule has 0 amide bonds. The lowest BCUT2D eigenvalue weighted by Crippen LogP contribution is -2.02. The van der Waals surface area contributed by atoms with Gasteiger partial charge in [0.05, 0.1) is 5.56 Å². The lowest BCUT2D eigenvalue weighted by molar-refractivity contribution is 0.664. The second-order valence-electron chi connectivity index (χ2n) is 4.40. The van der Waals surface area contributed by atoms with Crippen LogP contribution in [0.5, 0.6) is 0 Å². The van der Waals surface area contributed by atoms with Crippen LogP contribution in [0.15, 0.2) is 42.6 Å². The van der Waals surface area contributed by atoms with Crippen LogP contribution in [0, 0.1) is 0 Å². The third-order valence-corrected chi connectivity index (χ3v) is 3.68. The van der Waals surface area contributed by atoms with Gasteiger partial charge in [0.1, 0.15) is 16.0 Å². The molecule has 0 saturated heterocycles. The summed E-state index contributed by atoms with van der Waals surface area (Å²) >= 11 is 12.6. The molecule has 0 aliphatic carbocycles. The van der Waals surface area contributed by atoms with Gasteiger partial charge in [0.25, 0.3) is 0 Å². The maximum absolute atomic E-state index is 6.32. The summed E-state index contributed by atoms with van der Waals surface area (Å²) in [5.41, 5.74) is 2.33. The lowest BCUT2D eigenvalue weighted by Gasteiger charge is -2.09. The standard InChI is InChI=1S/C15H12Cl2N4/c1-2-21-11(8-9-18-21)15-19-13(16)12(14(17)20-15)10-6-4-3-5-7-10/h3-9H,2H2,1H3. The van der Waals surface area contributed by atoms with Crippen LogP contribution >= 0.6 is 23.2 Å². The number of aromatic nitrogens is 4. The van der Waals surface area contributed by atoms with Crippen molar-refractivity contribution in [3.8, 4) is 22.6 Å². The molecule has 0 aliphatic heterocycles. The highest BCUT2D eigenvalue weighted by atomic mass is 35.5. The predicted molar refractivity (Wildman–Crippen MR) is 84.4 cm³/mol. The fourth-order valence-electron chi connectivity index (χ4n) is 2.14. The first-order valence-electron chi connectivity index (χ1n) is 6.51. The predicted octanol–water partition coefficient (Wildman–Crippen LogP) is 4.33. The number of hydrogen-bond acceptors (Lipinski definition) is 3. The number of halogens is 2. The summed E-state index contributed by atoms with van der Waals surface area (Å²) in [6.07, 6.45) is 1.70. The average molecular weight is 319 g/mol. The van der Waals surface area contributed by atoms with Crippen LogP contribution in [0.4, 0.5) is 0 Å². The Hall–Kier alpha value is -1.91. The van der Waals surface area contributed by atoms with E-state index >= 15 is 0 Å². The van der Waals surface area contributed by atoms with E-state index in [1.807, 2.05) is 43.3 Å². The minimum absolute atomic E-state index is 0.333. The molecule has 0 radical (unpaired) electrons. The van der Waals surface area contributed by atoms with Gasteiger partial charge in [-0.25, -0.2) is 9.97 Å². The molecule has 106 valence electrons. The average Bonchev–Trinajstić information content (AvgIpc) is 2.96. The minimum atomic E-state index is 0.333. The van der Waals surface area contributed by atoms with E-state index in [1.54, 1.807) is 10.9 Å². The first kappa shape index (κ1) is 14.0. The van der Waals surface area contributed by atoms with E-state index < -0.39 is 0 Å². The van der Waals surface area contributed by atoms with Crippen molar-refractivity contribution in [2.24, 2.45) is 0 Å². The maximum atomic E-state index is 6.32. The molecular weight excluding hydrogens is 307 g/mol. The number of nitrogens with zero attached hydrogens (tertiary/aromatic N) is 4. The van der Waals surface area contributed by atoms with Crippen molar-refractivity contribution in [3.63, 3.8) is 0 Å². The molecule has 2 aromatic heterocycles. The van der Waals surface area contributed by atoms with Crippen LogP contribution in [-0.2, 0) is 6.54 Å². The molecule has 0 bridgehead atoms. The van der Waals surface area contributed by atoms with E-state index in [1.165, 1.54) is 0 Å². The summed E-state index contributed by atoms with van der Waals surface area (Å²) in [7, 11) is 0. The van der Waals surface area contributed by atoms with Crippen LogP contribution in [0.3, 0.4) is 0 Å². The molecule has 0 aliphatic rings. The molecule has 3 aromatic rings. The summed E-state index contributed by atoms with van der Waals surface area (Å²) in [5, 5.41) is 4.87. The Morgan fingerprint density at radius 3 is 2.29 bits per heavy atom. The van der Waals surface area contributed by atoms with Gasteiger partial charge in [-0.2, -0.15) is 5.10 Å². The Labute approximate surface area is 132 Å². The van der Waals surface area contributed by atoms with Gasteiger partial charge in [-0.1, -0.05) is 53.5 Å². The summed E-state index contributed by atoms with van der Waals surface area (Å²) in [6, 6.07) is 11.5. The van der Waals surface area contributed by atoms with Gasteiger partial charge < -0.3 is 0 Å². The topological polar surface area (TPSA) is 43.6 Å². The quantitative estimate of drug-likeness (QED) is 0.675. The molecule has 0 spiro atoms. The Kier molecular flexibility index (Phi) is 3.90.